The molecule has 0 aromatic heterocycles. The predicted molar refractivity (Wildman–Crippen MR) is 120 cm³/mol. The zero-order chi connectivity index (χ0) is 21.7. The molecule has 156 valence electrons. The molecule has 0 bridgehead atoms. The number of halogens is 1. The second kappa shape index (κ2) is 7.51. The molecular weight excluding hydrogens is 460 g/mol. The summed E-state index contributed by atoms with van der Waals surface area (Å²) in [7, 11) is 0. The van der Waals surface area contributed by atoms with Gasteiger partial charge >= 0.3 is 0 Å². The third-order valence-corrected chi connectivity index (χ3v) is 6.22. The van der Waals surface area contributed by atoms with Gasteiger partial charge in [-0.2, -0.15) is 0 Å². The summed E-state index contributed by atoms with van der Waals surface area (Å²) in [5, 5.41) is 12.2. The Bertz CT molecular complexity index is 1170. The minimum absolute atomic E-state index is 0.0346. The number of benzene rings is 3. The van der Waals surface area contributed by atoms with E-state index in [0.29, 0.717) is 16.9 Å². The minimum Gasteiger partial charge on any atom is -0.508 e. The van der Waals surface area contributed by atoms with Crippen molar-refractivity contribution < 1.29 is 19.5 Å². The van der Waals surface area contributed by atoms with Gasteiger partial charge < -0.3 is 5.11 Å². The van der Waals surface area contributed by atoms with Crippen molar-refractivity contribution in [3.63, 3.8) is 0 Å². The molecule has 0 aliphatic carbocycles. The van der Waals surface area contributed by atoms with Gasteiger partial charge in [0.1, 0.15) is 11.7 Å². The van der Waals surface area contributed by atoms with Gasteiger partial charge in [0.15, 0.2) is 6.10 Å². The fourth-order valence-corrected chi connectivity index (χ4v) is 4.62. The quantitative estimate of drug-likeness (QED) is 0.560. The van der Waals surface area contributed by atoms with Gasteiger partial charge in [-0.05, 0) is 49.4 Å². The van der Waals surface area contributed by atoms with Crippen molar-refractivity contribution in [1.82, 2.24) is 0 Å². The van der Waals surface area contributed by atoms with Gasteiger partial charge in [0.2, 0.25) is 5.91 Å². The van der Waals surface area contributed by atoms with Crippen molar-refractivity contribution in [2.45, 2.75) is 19.1 Å². The van der Waals surface area contributed by atoms with Crippen LogP contribution in [0.2, 0.25) is 0 Å². The number of phenols is 1. The van der Waals surface area contributed by atoms with E-state index in [4.69, 9.17) is 4.84 Å². The van der Waals surface area contributed by atoms with E-state index in [2.05, 4.69) is 15.9 Å². The Kier molecular flexibility index (Phi) is 4.79. The first-order valence-electron chi connectivity index (χ1n) is 9.89. The van der Waals surface area contributed by atoms with E-state index in [1.165, 1.54) is 4.90 Å². The molecule has 0 saturated carbocycles. The van der Waals surface area contributed by atoms with Crippen molar-refractivity contribution in [3.8, 4) is 5.75 Å². The molecule has 2 fully saturated rings. The summed E-state index contributed by atoms with van der Waals surface area (Å²) in [6.07, 6.45) is -0.975. The number of anilines is 2. The minimum atomic E-state index is -0.975. The van der Waals surface area contributed by atoms with E-state index in [-0.39, 0.29) is 11.7 Å². The number of nitrogens with zero attached hydrogens (tertiary/aromatic N) is 2. The van der Waals surface area contributed by atoms with Gasteiger partial charge in [-0.1, -0.05) is 51.8 Å². The Hall–Kier alpha value is -3.16. The molecule has 0 spiro atoms. The third-order valence-electron chi connectivity index (χ3n) is 5.73. The molecule has 5 rings (SSSR count). The largest absolute Gasteiger partial charge is 0.508 e. The first-order chi connectivity index (χ1) is 15.0. The number of para-hydroxylation sites is 1. The predicted octanol–water partition coefficient (Wildman–Crippen LogP) is 4.51. The van der Waals surface area contributed by atoms with Crippen LogP contribution in [0.1, 0.15) is 17.2 Å². The molecule has 2 aliphatic rings. The van der Waals surface area contributed by atoms with E-state index < -0.39 is 24.0 Å². The highest BCUT2D eigenvalue weighted by Gasteiger charge is 2.60. The number of carbonyl (C=O) groups excluding carboxylic acids is 2. The highest BCUT2D eigenvalue weighted by atomic mass is 79.9. The second-order valence-corrected chi connectivity index (χ2v) is 8.62. The molecule has 3 aromatic rings. The Labute approximate surface area is 187 Å². The Morgan fingerprint density at radius 1 is 0.903 bits per heavy atom. The molecule has 7 heteroatoms. The fraction of sp³-hybridized carbons (Fsp3) is 0.167. The van der Waals surface area contributed by atoms with Gasteiger partial charge in [0.05, 0.1) is 17.4 Å². The molecule has 0 radical (unpaired) electrons. The number of hydrogen-bond donors (Lipinski definition) is 1. The average Bonchev–Trinajstić information content (AvgIpc) is 3.28. The molecule has 3 unspecified atom stereocenters. The van der Waals surface area contributed by atoms with Gasteiger partial charge in [-0.25, -0.2) is 9.96 Å². The Morgan fingerprint density at radius 2 is 1.61 bits per heavy atom. The fourth-order valence-electron chi connectivity index (χ4n) is 4.24. The van der Waals surface area contributed by atoms with Crippen LogP contribution in [0.25, 0.3) is 0 Å². The van der Waals surface area contributed by atoms with E-state index >= 15 is 0 Å². The molecule has 6 nitrogen and oxygen atoms in total. The van der Waals surface area contributed by atoms with Gasteiger partial charge in [-0.15, -0.1) is 0 Å². The standard InChI is InChI=1S/C24H19BrN2O4/c1-14-7-10-16(11-8-14)26-23(29)20-21(18-13-15(25)9-12-19(18)28)27(31-22(20)24(26)30)17-5-3-2-4-6-17/h2-13,20-22,28H,1H3. The number of fused-ring (bicyclic) bond motifs is 1. The number of amides is 2. The number of aryl methyl sites for hydroxylation is 1. The monoisotopic (exact) mass is 478 g/mol. The maximum Gasteiger partial charge on any atom is 0.266 e. The van der Waals surface area contributed by atoms with Gasteiger partial charge in [0.25, 0.3) is 5.91 Å². The molecular formula is C24H19BrN2O4. The van der Waals surface area contributed by atoms with Crippen LogP contribution in [0.4, 0.5) is 11.4 Å². The first kappa shape index (κ1) is 19.8. The summed E-state index contributed by atoms with van der Waals surface area (Å²) in [5.41, 5.74) is 2.76. The summed E-state index contributed by atoms with van der Waals surface area (Å²) in [4.78, 5) is 34.1. The maximum absolute atomic E-state index is 13.5. The number of hydrogen-bond acceptors (Lipinski definition) is 5. The number of aromatic hydroxyl groups is 1. The lowest BCUT2D eigenvalue weighted by atomic mass is 9.90. The van der Waals surface area contributed by atoms with Crippen LogP contribution < -0.4 is 9.96 Å². The van der Waals surface area contributed by atoms with Crippen LogP contribution in [0.3, 0.4) is 0 Å². The summed E-state index contributed by atoms with van der Waals surface area (Å²) < 4.78 is 0.754. The van der Waals surface area contributed by atoms with E-state index in [0.717, 1.165) is 10.0 Å². The molecule has 2 amide bonds. The topological polar surface area (TPSA) is 70.1 Å². The van der Waals surface area contributed by atoms with Crippen LogP contribution in [-0.4, -0.2) is 23.0 Å². The highest BCUT2D eigenvalue weighted by molar-refractivity contribution is 9.10. The van der Waals surface area contributed by atoms with Crippen LogP contribution in [-0.2, 0) is 14.4 Å². The summed E-state index contributed by atoms with van der Waals surface area (Å²) >= 11 is 3.44. The van der Waals surface area contributed by atoms with Gasteiger partial charge in [0, 0.05) is 10.0 Å². The molecule has 2 saturated heterocycles. The van der Waals surface area contributed by atoms with Crippen molar-refractivity contribution in [1.29, 1.82) is 0 Å². The Balaban J connectivity index is 1.62. The van der Waals surface area contributed by atoms with Crippen molar-refractivity contribution in [2.24, 2.45) is 5.92 Å². The lowest BCUT2D eigenvalue weighted by Crippen LogP contribution is -2.37. The molecule has 1 N–H and O–H groups in total. The van der Waals surface area contributed by atoms with Crippen molar-refractivity contribution in [3.05, 3.63) is 88.4 Å². The number of imide groups is 1. The van der Waals surface area contributed by atoms with E-state index in [1.54, 1.807) is 35.4 Å². The number of rotatable bonds is 3. The number of phenolic OH excluding ortho intramolecular Hbond substituents is 1. The van der Waals surface area contributed by atoms with Crippen LogP contribution in [0.5, 0.6) is 5.75 Å². The molecule has 31 heavy (non-hydrogen) atoms. The molecule has 2 aliphatic heterocycles. The molecule has 2 heterocycles. The van der Waals surface area contributed by atoms with Crippen LogP contribution in [0.15, 0.2) is 77.3 Å². The first-order valence-corrected chi connectivity index (χ1v) is 10.7. The summed E-state index contributed by atoms with van der Waals surface area (Å²) in [5.74, 6) is -1.51. The molecule has 3 atom stereocenters. The Morgan fingerprint density at radius 3 is 2.32 bits per heavy atom. The summed E-state index contributed by atoms with van der Waals surface area (Å²) in [6.45, 7) is 1.94. The SMILES string of the molecule is Cc1ccc(N2C(=O)C3ON(c4ccccc4)C(c4cc(Br)ccc4O)C3C2=O)cc1. The smallest absolute Gasteiger partial charge is 0.266 e. The lowest BCUT2D eigenvalue weighted by molar-refractivity contribution is -0.126. The van der Waals surface area contributed by atoms with E-state index in [9.17, 15) is 14.7 Å². The third kappa shape index (κ3) is 3.21. The lowest BCUT2D eigenvalue weighted by Gasteiger charge is -2.29. The van der Waals surface area contributed by atoms with E-state index in [1.807, 2.05) is 49.4 Å². The zero-order valence-corrected chi connectivity index (χ0v) is 18.2. The zero-order valence-electron chi connectivity index (χ0n) is 16.6. The summed E-state index contributed by atoms with van der Waals surface area (Å²) in [6, 6.07) is 20.9. The van der Waals surface area contributed by atoms with Gasteiger partial charge in [-0.3, -0.25) is 14.4 Å². The maximum atomic E-state index is 13.5. The van der Waals surface area contributed by atoms with Crippen LogP contribution in [0, 0.1) is 12.8 Å². The number of carbonyl (C=O) groups is 2. The molecule has 3 aromatic carbocycles. The average molecular weight is 479 g/mol. The highest BCUT2D eigenvalue weighted by Crippen LogP contribution is 2.49. The second-order valence-electron chi connectivity index (χ2n) is 7.71. The van der Waals surface area contributed by atoms with Crippen LogP contribution >= 0.6 is 15.9 Å². The number of hydroxylamine groups is 1. The van der Waals surface area contributed by atoms with Crippen molar-refractivity contribution >= 4 is 39.1 Å². The van der Waals surface area contributed by atoms with Crippen molar-refractivity contribution in [2.75, 3.05) is 9.96 Å². The normalized spacial score (nSPS) is 22.8.